The van der Waals surface area contributed by atoms with Crippen molar-refractivity contribution in [1.29, 1.82) is 0 Å². The van der Waals surface area contributed by atoms with Crippen molar-refractivity contribution in [1.82, 2.24) is 30.0 Å². The van der Waals surface area contributed by atoms with Gasteiger partial charge in [-0.05, 0) is 53.4 Å². The molecule has 8 heteroatoms. The lowest BCUT2D eigenvalue weighted by molar-refractivity contribution is 0.0934. The first-order chi connectivity index (χ1) is 20.7. The Morgan fingerprint density at radius 1 is 0.881 bits per heavy atom. The number of hydrogen-bond acceptors (Lipinski definition) is 5. The molecule has 1 atom stereocenters. The van der Waals surface area contributed by atoms with Crippen LogP contribution in [0.15, 0.2) is 110 Å². The standard InChI is InChI=1S/C34H32N6O2/c1-42-28-14-11-25(12-15-28)23-40-32(16-13-24-7-3-2-4-8-24)38-39-33(40)31(37-34(41)26-17-19-35-20-18-26)21-27-22-36-30-10-6-5-9-29(27)30/h2-12,14-15,17-20,22,31,36H,13,16,21,23H2,1H3,(H,37,41)/t31-/m1/s1. The van der Waals surface area contributed by atoms with Crippen LogP contribution in [-0.4, -0.2) is 37.7 Å². The SMILES string of the molecule is COc1ccc(Cn2c(CCc3ccccc3)nnc2[C@@H](Cc2c[nH]c3ccccc23)NC(=O)c2ccncc2)cc1. The number of fused-ring (bicyclic) bond motifs is 1. The number of hydrogen-bond donors (Lipinski definition) is 2. The van der Waals surface area contributed by atoms with Crippen LogP contribution < -0.4 is 10.1 Å². The smallest absolute Gasteiger partial charge is 0.251 e. The predicted octanol–water partition coefficient (Wildman–Crippen LogP) is 5.71. The molecule has 3 aromatic heterocycles. The second-order valence-electron chi connectivity index (χ2n) is 10.2. The van der Waals surface area contributed by atoms with Crippen LogP contribution in [0, 0.1) is 0 Å². The van der Waals surface area contributed by atoms with Crippen molar-refractivity contribution in [2.75, 3.05) is 7.11 Å². The highest BCUT2D eigenvalue weighted by Crippen LogP contribution is 2.26. The van der Waals surface area contributed by atoms with E-state index < -0.39 is 6.04 Å². The van der Waals surface area contributed by atoms with Crippen LogP contribution in [-0.2, 0) is 25.8 Å². The number of aryl methyl sites for hydroxylation is 2. The van der Waals surface area contributed by atoms with Gasteiger partial charge in [0.1, 0.15) is 11.6 Å². The molecule has 6 rings (SSSR count). The van der Waals surface area contributed by atoms with Gasteiger partial charge in [-0.1, -0.05) is 60.7 Å². The molecule has 0 unspecified atom stereocenters. The summed E-state index contributed by atoms with van der Waals surface area (Å²) in [6.45, 7) is 0.561. The molecule has 8 nitrogen and oxygen atoms in total. The Hall–Kier alpha value is -5.24. The first-order valence-corrected chi connectivity index (χ1v) is 14.0. The minimum Gasteiger partial charge on any atom is -0.497 e. The van der Waals surface area contributed by atoms with Crippen LogP contribution in [0.3, 0.4) is 0 Å². The number of methoxy groups -OCH3 is 1. The van der Waals surface area contributed by atoms with Gasteiger partial charge in [0.05, 0.1) is 19.7 Å². The number of amides is 1. The van der Waals surface area contributed by atoms with Crippen LogP contribution >= 0.6 is 0 Å². The summed E-state index contributed by atoms with van der Waals surface area (Å²) in [4.78, 5) is 20.9. The van der Waals surface area contributed by atoms with E-state index in [1.54, 1.807) is 31.6 Å². The van der Waals surface area contributed by atoms with E-state index in [0.29, 0.717) is 30.8 Å². The lowest BCUT2D eigenvalue weighted by Crippen LogP contribution is -2.32. The number of carbonyl (C=O) groups excluding carboxylic acids is 1. The molecule has 42 heavy (non-hydrogen) atoms. The molecule has 0 fully saturated rings. The molecule has 0 aliphatic carbocycles. The van der Waals surface area contributed by atoms with Gasteiger partial charge in [0, 0.05) is 47.9 Å². The molecule has 0 aliphatic rings. The van der Waals surface area contributed by atoms with Crippen molar-refractivity contribution in [3.63, 3.8) is 0 Å². The molecule has 0 aliphatic heterocycles. The maximum absolute atomic E-state index is 13.5. The third kappa shape index (κ3) is 6.07. The number of carbonyl (C=O) groups is 1. The molecule has 1 amide bonds. The van der Waals surface area contributed by atoms with Crippen molar-refractivity contribution < 1.29 is 9.53 Å². The highest BCUT2D eigenvalue weighted by molar-refractivity contribution is 5.94. The molecular weight excluding hydrogens is 524 g/mol. The van der Waals surface area contributed by atoms with Crippen molar-refractivity contribution in [2.24, 2.45) is 0 Å². The van der Waals surface area contributed by atoms with Crippen LogP contribution in [0.5, 0.6) is 5.75 Å². The molecule has 6 aromatic rings. The fourth-order valence-corrected chi connectivity index (χ4v) is 5.25. The number of nitrogens with zero attached hydrogens (tertiary/aromatic N) is 4. The van der Waals surface area contributed by atoms with E-state index in [9.17, 15) is 4.79 Å². The number of aromatic nitrogens is 5. The lowest BCUT2D eigenvalue weighted by Gasteiger charge is -2.20. The van der Waals surface area contributed by atoms with Gasteiger partial charge in [0.2, 0.25) is 0 Å². The summed E-state index contributed by atoms with van der Waals surface area (Å²) in [5, 5.41) is 13.8. The molecule has 0 bridgehead atoms. The van der Waals surface area contributed by atoms with Crippen molar-refractivity contribution in [3.05, 3.63) is 143 Å². The largest absolute Gasteiger partial charge is 0.497 e. The molecule has 0 radical (unpaired) electrons. The number of rotatable bonds is 11. The minimum absolute atomic E-state index is 0.188. The van der Waals surface area contributed by atoms with Crippen LogP contribution in [0.4, 0.5) is 0 Å². The predicted molar refractivity (Wildman–Crippen MR) is 162 cm³/mol. The second-order valence-corrected chi connectivity index (χ2v) is 10.2. The number of ether oxygens (including phenoxy) is 1. The average molecular weight is 557 g/mol. The van der Waals surface area contributed by atoms with Crippen molar-refractivity contribution in [3.8, 4) is 5.75 Å². The van der Waals surface area contributed by atoms with Crippen LogP contribution in [0.25, 0.3) is 10.9 Å². The summed E-state index contributed by atoms with van der Waals surface area (Å²) in [6, 6.07) is 29.6. The van der Waals surface area contributed by atoms with Gasteiger partial charge in [-0.2, -0.15) is 0 Å². The zero-order valence-electron chi connectivity index (χ0n) is 23.4. The molecule has 210 valence electrons. The molecule has 3 heterocycles. The summed E-state index contributed by atoms with van der Waals surface area (Å²) < 4.78 is 7.52. The normalized spacial score (nSPS) is 11.8. The number of nitrogens with one attached hydrogen (secondary N) is 2. The van der Waals surface area contributed by atoms with E-state index in [1.807, 2.05) is 48.7 Å². The fourth-order valence-electron chi connectivity index (χ4n) is 5.25. The molecule has 0 saturated carbocycles. The quantitative estimate of drug-likeness (QED) is 0.213. The zero-order chi connectivity index (χ0) is 28.7. The lowest BCUT2D eigenvalue weighted by atomic mass is 10.0. The number of benzene rings is 3. The minimum atomic E-state index is -0.430. The average Bonchev–Trinajstić information content (AvgIpc) is 3.64. The van der Waals surface area contributed by atoms with Gasteiger partial charge in [0.15, 0.2) is 5.82 Å². The summed E-state index contributed by atoms with van der Waals surface area (Å²) in [5.41, 5.74) is 5.01. The van der Waals surface area contributed by atoms with Gasteiger partial charge in [-0.3, -0.25) is 9.78 Å². The molecule has 0 spiro atoms. The second kappa shape index (κ2) is 12.5. The Labute approximate surface area is 244 Å². The zero-order valence-corrected chi connectivity index (χ0v) is 23.4. The molecule has 3 aromatic carbocycles. The Morgan fingerprint density at radius 2 is 1.64 bits per heavy atom. The monoisotopic (exact) mass is 556 g/mol. The Bertz CT molecular complexity index is 1760. The Balaban J connectivity index is 1.38. The van der Waals surface area contributed by atoms with E-state index >= 15 is 0 Å². The van der Waals surface area contributed by atoms with Gasteiger partial charge in [-0.25, -0.2) is 0 Å². The van der Waals surface area contributed by atoms with Crippen molar-refractivity contribution >= 4 is 16.8 Å². The maximum Gasteiger partial charge on any atom is 0.251 e. The van der Waals surface area contributed by atoms with E-state index in [-0.39, 0.29) is 5.91 Å². The molecular formula is C34H32N6O2. The Morgan fingerprint density at radius 3 is 2.43 bits per heavy atom. The van der Waals surface area contributed by atoms with E-state index in [0.717, 1.165) is 40.0 Å². The summed E-state index contributed by atoms with van der Waals surface area (Å²) >= 11 is 0. The fraction of sp³-hybridized carbons (Fsp3) is 0.176. The summed E-state index contributed by atoms with van der Waals surface area (Å²) in [5.74, 6) is 2.19. The number of para-hydroxylation sites is 1. The third-order valence-electron chi connectivity index (χ3n) is 7.49. The van der Waals surface area contributed by atoms with E-state index in [1.165, 1.54) is 5.56 Å². The molecule has 2 N–H and O–H groups in total. The Kier molecular flexibility index (Phi) is 8.03. The van der Waals surface area contributed by atoms with Gasteiger partial charge >= 0.3 is 0 Å². The highest BCUT2D eigenvalue weighted by Gasteiger charge is 2.25. The van der Waals surface area contributed by atoms with Gasteiger partial charge < -0.3 is 19.6 Å². The third-order valence-corrected chi connectivity index (χ3v) is 7.49. The van der Waals surface area contributed by atoms with Crippen LogP contribution in [0.2, 0.25) is 0 Å². The van der Waals surface area contributed by atoms with E-state index in [2.05, 4.69) is 61.3 Å². The summed E-state index contributed by atoms with van der Waals surface area (Å²) in [6.07, 6.45) is 7.34. The number of aromatic amines is 1. The maximum atomic E-state index is 13.5. The first kappa shape index (κ1) is 27.0. The molecule has 0 saturated heterocycles. The van der Waals surface area contributed by atoms with Crippen LogP contribution in [0.1, 0.15) is 44.7 Å². The van der Waals surface area contributed by atoms with Gasteiger partial charge in [-0.15, -0.1) is 10.2 Å². The summed E-state index contributed by atoms with van der Waals surface area (Å²) in [7, 11) is 1.66. The van der Waals surface area contributed by atoms with Gasteiger partial charge in [0.25, 0.3) is 5.91 Å². The first-order valence-electron chi connectivity index (χ1n) is 14.0. The number of pyridine rings is 1. The van der Waals surface area contributed by atoms with Crippen molar-refractivity contribution in [2.45, 2.75) is 31.8 Å². The highest BCUT2D eigenvalue weighted by atomic mass is 16.5. The van der Waals surface area contributed by atoms with E-state index in [4.69, 9.17) is 9.84 Å². The number of H-pyrrole nitrogens is 1. The topological polar surface area (TPSA) is 97.7 Å².